The summed E-state index contributed by atoms with van der Waals surface area (Å²) in [6.45, 7) is -0.304. The van der Waals surface area contributed by atoms with Crippen molar-refractivity contribution in [2.45, 2.75) is 12.8 Å². The second-order valence-electron chi connectivity index (χ2n) is 3.63. The van der Waals surface area contributed by atoms with E-state index in [1.807, 2.05) is 0 Å². The third kappa shape index (κ3) is 3.35. The number of nitrogens with zero attached hydrogens (tertiary/aromatic N) is 2. The van der Waals surface area contributed by atoms with Gasteiger partial charge in [-0.1, -0.05) is 17.7 Å². The molecule has 0 radical (unpaired) electrons. The Bertz CT molecular complexity index is 561. The minimum absolute atomic E-state index is 0.00618. The average molecular weight is 289 g/mol. The molecule has 100 valence electrons. The van der Waals surface area contributed by atoms with E-state index in [2.05, 4.69) is 9.97 Å². The minimum Gasteiger partial charge on any atom is -0.486 e. The summed E-state index contributed by atoms with van der Waals surface area (Å²) in [6, 6.07) is 3.60. The number of benzene rings is 1. The van der Waals surface area contributed by atoms with Crippen molar-refractivity contribution in [2.24, 2.45) is 0 Å². The van der Waals surface area contributed by atoms with Crippen molar-refractivity contribution in [3.05, 3.63) is 53.1 Å². The highest BCUT2D eigenvalue weighted by molar-refractivity contribution is 6.31. The quantitative estimate of drug-likeness (QED) is 0.863. The fourth-order valence-corrected chi connectivity index (χ4v) is 1.72. The van der Waals surface area contributed by atoms with E-state index in [-0.39, 0.29) is 22.9 Å². The molecule has 0 aliphatic heterocycles. The van der Waals surface area contributed by atoms with E-state index >= 15 is 0 Å². The first-order chi connectivity index (χ1) is 8.98. The van der Waals surface area contributed by atoms with Crippen LogP contribution in [0, 0.1) is 0 Å². The van der Waals surface area contributed by atoms with Gasteiger partial charge in [0, 0.05) is 10.6 Å². The number of hydrogen-bond acceptors (Lipinski definition) is 3. The Morgan fingerprint density at radius 1 is 1.16 bits per heavy atom. The van der Waals surface area contributed by atoms with Crippen molar-refractivity contribution >= 4 is 11.6 Å². The standard InChI is InChI=1S/C12H8ClF3N2O/c13-11-3-1-2-10(12(14,15)16)9(11)6-19-8-4-17-7-18-5-8/h1-5,7H,6H2. The molecular weight excluding hydrogens is 281 g/mol. The van der Waals surface area contributed by atoms with Crippen LogP contribution in [-0.2, 0) is 12.8 Å². The number of ether oxygens (including phenoxy) is 1. The van der Waals surface area contributed by atoms with E-state index in [1.54, 1.807) is 0 Å². The molecule has 0 aliphatic rings. The van der Waals surface area contributed by atoms with Crippen LogP contribution in [0.25, 0.3) is 0 Å². The number of hydrogen-bond donors (Lipinski definition) is 0. The van der Waals surface area contributed by atoms with Crippen molar-refractivity contribution in [3.63, 3.8) is 0 Å². The highest BCUT2D eigenvalue weighted by Gasteiger charge is 2.34. The van der Waals surface area contributed by atoms with E-state index in [4.69, 9.17) is 16.3 Å². The number of aromatic nitrogens is 2. The molecule has 7 heteroatoms. The molecule has 0 saturated carbocycles. The van der Waals surface area contributed by atoms with Crippen molar-refractivity contribution in [3.8, 4) is 5.75 Å². The molecular formula is C12H8ClF3N2O. The molecule has 3 nitrogen and oxygen atoms in total. The van der Waals surface area contributed by atoms with Crippen LogP contribution in [0.1, 0.15) is 11.1 Å². The molecule has 0 unspecified atom stereocenters. The largest absolute Gasteiger partial charge is 0.486 e. The highest BCUT2D eigenvalue weighted by atomic mass is 35.5. The van der Waals surface area contributed by atoms with Crippen LogP contribution < -0.4 is 4.74 Å². The average Bonchev–Trinajstić information content (AvgIpc) is 2.37. The molecule has 0 amide bonds. The summed E-state index contributed by atoms with van der Waals surface area (Å²) in [7, 11) is 0. The van der Waals surface area contributed by atoms with Crippen molar-refractivity contribution in [1.29, 1.82) is 0 Å². The molecule has 0 spiro atoms. The van der Waals surface area contributed by atoms with Crippen LogP contribution in [0.4, 0.5) is 13.2 Å². The second-order valence-corrected chi connectivity index (χ2v) is 4.03. The smallest absolute Gasteiger partial charge is 0.416 e. The molecule has 2 aromatic rings. The lowest BCUT2D eigenvalue weighted by Gasteiger charge is -2.14. The van der Waals surface area contributed by atoms with Gasteiger partial charge in [-0.15, -0.1) is 0 Å². The zero-order valence-electron chi connectivity index (χ0n) is 9.49. The maximum atomic E-state index is 12.8. The van der Waals surface area contributed by atoms with Gasteiger partial charge in [-0.3, -0.25) is 0 Å². The maximum absolute atomic E-state index is 12.8. The lowest BCUT2D eigenvalue weighted by molar-refractivity contribution is -0.138. The van der Waals surface area contributed by atoms with Crippen molar-refractivity contribution in [1.82, 2.24) is 9.97 Å². The van der Waals surface area contributed by atoms with Gasteiger partial charge in [-0.25, -0.2) is 9.97 Å². The number of halogens is 4. The van der Waals surface area contributed by atoms with Crippen LogP contribution in [-0.4, -0.2) is 9.97 Å². The van der Waals surface area contributed by atoms with Crippen molar-refractivity contribution in [2.75, 3.05) is 0 Å². The van der Waals surface area contributed by atoms with E-state index in [1.165, 1.54) is 30.9 Å². The summed E-state index contributed by atoms with van der Waals surface area (Å²) in [5.74, 6) is 0.274. The summed E-state index contributed by atoms with van der Waals surface area (Å²) < 4.78 is 43.6. The topological polar surface area (TPSA) is 35.0 Å². The summed E-state index contributed by atoms with van der Waals surface area (Å²) in [5, 5.41) is 0.00618. The zero-order chi connectivity index (χ0) is 13.9. The molecule has 0 fully saturated rings. The molecule has 0 aliphatic carbocycles. The molecule has 0 N–H and O–H groups in total. The van der Waals surface area contributed by atoms with E-state index in [9.17, 15) is 13.2 Å². The Labute approximate surface area is 112 Å². The fourth-order valence-electron chi connectivity index (χ4n) is 1.49. The van der Waals surface area contributed by atoms with Crippen LogP contribution >= 0.6 is 11.6 Å². The van der Waals surface area contributed by atoms with Crippen LogP contribution in [0.2, 0.25) is 5.02 Å². The van der Waals surface area contributed by atoms with Crippen LogP contribution in [0.3, 0.4) is 0 Å². The normalized spacial score (nSPS) is 11.4. The van der Waals surface area contributed by atoms with Gasteiger partial charge in [-0.2, -0.15) is 13.2 Å². The minimum atomic E-state index is -4.48. The Hall–Kier alpha value is -1.82. The summed E-state index contributed by atoms with van der Waals surface area (Å²) in [6.07, 6.45) is -0.464. The lowest BCUT2D eigenvalue weighted by atomic mass is 10.1. The monoisotopic (exact) mass is 288 g/mol. The number of alkyl halides is 3. The first-order valence-electron chi connectivity index (χ1n) is 5.21. The third-order valence-corrected chi connectivity index (χ3v) is 2.70. The molecule has 19 heavy (non-hydrogen) atoms. The van der Waals surface area contributed by atoms with Crippen LogP contribution in [0.15, 0.2) is 36.9 Å². The summed E-state index contributed by atoms with van der Waals surface area (Å²) in [5.41, 5.74) is -0.919. The predicted molar refractivity (Wildman–Crippen MR) is 62.8 cm³/mol. The Morgan fingerprint density at radius 3 is 2.47 bits per heavy atom. The molecule has 2 rings (SSSR count). The van der Waals surface area contributed by atoms with E-state index in [0.29, 0.717) is 0 Å². The van der Waals surface area contributed by atoms with E-state index < -0.39 is 11.7 Å². The summed E-state index contributed by atoms with van der Waals surface area (Å²) in [4.78, 5) is 7.40. The molecule has 0 saturated heterocycles. The van der Waals surface area contributed by atoms with Gasteiger partial charge >= 0.3 is 6.18 Å². The first kappa shape index (κ1) is 13.6. The Kier molecular flexibility index (Phi) is 3.90. The lowest BCUT2D eigenvalue weighted by Crippen LogP contribution is -2.11. The van der Waals surface area contributed by atoms with Gasteiger partial charge in [0.25, 0.3) is 0 Å². The second kappa shape index (κ2) is 5.44. The van der Waals surface area contributed by atoms with Gasteiger partial charge < -0.3 is 4.74 Å². The van der Waals surface area contributed by atoms with E-state index in [0.717, 1.165) is 6.07 Å². The van der Waals surface area contributed by atoms with Gasteiger partial charge in [0.05, 0.1) is 18.0 Å². The van der Waals surface area contributed by atoms with Gasteiger partial charge in [0.2, 0.25) is 0 Å². The Balaban J connectivity index is 2.25. The Morgan fingerprint density at radius 2 is 1.84 bits per heavy atom. The predicted octanol–water partition coefficient (Wildman–Crippen LogP) is 3.73. The SMILES string of the molecule is FC(F)(F)c1cccc(Cl)c1COc1cncnc1. The number of rotatable bonds is 3. The fraction of sp³-hybridized carbons (Fsp3) is 0.167. The van der Waals surface area contributed by atoms with Crippen molar-refractivity contribution < 1.29 is 17.9 Å². The zero-order valence-corrected chi connectivity index (χ0v) is 10.2. The van der Waals surface area contributed by atoms with Gasteiger partial charge in [0.15, 0.2) is 5.75 Å². The third-order valence-electron chi connectivity index (χ3n) is 2.34. The summed E-state index contributed by atoms with van der Waals surface area (Å²) >= 11 is 5.79. The molecule has 0 bridgehead atoms. The molecule has 1 aromatic carbocycles. The molecule has 0 atom stereocenters. The first-order valence-corrected chi connectivity index (χ1v) is 5.58. The molecule has 1 heterocycles. The van der Waals surface area contributed by atoms with Crippen LogP contribution in [0.5, 0.6) is 5.75 Å². The van der Waals surface area contributed by atoms with Gasteiger partial charge in [0.1, 0.15) is 12.9 Å². The highest BCUT2D eigenvalue weighted by Crippen LogP contribution is 2.35. The van der Waals surface area contributed by atoms with Gasteiger partial charge in [-0.05, 0) is 12.1 Å². The maximum Gasteiger partial charge on any atom is 0.416 e. The molecule has 1 aromatic heterocycles.